The third-order valence-electron chi connectivity index (χ3n) is 6.40. The average molecular weight is 488 g/mol. The minimum absolute atomic E-state index is 0.00924. The van der Waals surface area contributed by atoms with Gasteiger partial charge in [-0.05, 0) is 46.5 Å². The van der Waals surface area contributed by atoms with Crippen LogP contribution in [0.2, 0.25) is 10.0 Å². The Hall–Kier alpha value is -3.47. The molecule has 0 radical (unpaired) electrons. The van der Waals surface area contributed by atoms with Crippen molar-refractivity contribution in [3.63, 3.8) is 0 Å². The van der Waals surface area contributed by atoms with Gasteiger partial charge in [0.2, 0.25) is 0 Å². The van der Waals surface area contributed by atoms with E-state index in [1.807, 2.05) is 36.4 Å². The van der Waals surface area contributed by atoms with Crippen molar-refractivity contribution in [2.24, 2.45) is 0 Å². The van der Waals surface area contributed by atoms with Gasteiger partial charge in [-0.25, -0.2) is 4.79 Å². The highest BCUT2D eigenvalue weighted by Gasteiger charge is 2.32. The number of rotatable bonds is 3. The molecule has 1 aliphatic carbocycles. The van der Waals surface area contributed by atoms with Crippen LogP contribution < -0.4 is 10.1 Å². The molecule has 1 heterocycles. The zero-order valence-electron chi connectivity index (χ0n) is 17.9. The molecule has 0 bridgehead atoms. The van der Waals surface area contributed by atoms with Gasteiger partial charge in [0.1, 0.15) is 18.1 Å². The van der Waals surface area contributed by atoms with Crippen LogP contribution in [0, 0.1) is 0 Å². The van der Waals surface area contributed by atoms with Crippen LogP contribution in [0.5, 0.6) is 11.5 Å². The van der Waals surface area contributed by atoms with Crippen LogP contribution in [0.25, 0.3) is 11.1 Å². The van der Waals surface area contributed by atoms with E-state index >= 15 is 0 Å². The molecular weight excluding hydrogens is 469 g/mol. The SMILES string of the molecule is O=C(NC1c2ccc(Cl)cc2Oc2cc(Cl)ccc21)OCC1c2ccccc2-c2ccccc21. The summed E-state index contributed by atoms with van der Waals surface area (Å²) in [6.45, 7) is 0.240. The zero-order chi connectivity index (χ0) is 23.2. The quantitative estimate of drug-likeness (QED) is 0.321. The summed E-state index contributed by atoms with van der Waals surface area (Å²) in [6, 6.07) is 26.8. The first-order valence-electron chi connectivity index (χ1n) is 11.0. The Kier molecular flexibility index (Phi) is 5.20. The predicted octanol–water partition coefficient (Wildman–Crippen LogP) is 7.73. The van der Waals surface area contributed by atoms with Gasteiger partial charge in [0.15, 0.2) is 0 Å². The lowest BCUT2D eigenvalue weighted by Gasteiger charge is -2.29. The Morgan fingerprint density at radius 2 is 1.29 bits per heavy atom. The molecule has 0 unspecified atom stereocenters. The molecule has 0 saturated carbocycles. The fourth-order valence-electron chi connectivity index (χ4n) is 4.87. The van der Waals surface area contributed by atoms with E-state index in [0.29, 0.717) is 21.5 Å². The second kappa shape index (κ2) is 8.39. The summed E-state index contributed by atoms with van der Waals surface area (Å²) in [5, 5.41) is 4.11. The van der Waals surface area contributed by atoms with Crippen molar-refractivity contribution in [3.8, 4) is 22.6 Å². The van der Waals surface area contributed by atoms with Crippen LogP contribution in [0.1, 0.15) is 34.2 Å². The van der Waals surface area contributed by atoms with Crippen LogP contribution in [0.4, 0.5) is 4.79 Å². The fourth-order valence-corrected chi connectivity index (χ4v) is 5.19. The van der Waals surface area contributed by atoms with Crippen molar-refractivity contribution in [2.45, 2.75) is 12.0 Å². The Morgan fingerprint density at radius 3 is 1.85 bits per heavy atom. The van der Waals surface area contributed by atoms with Crippen molar-refractivity contribution in [2.75, 3.05) is 6.61 Å². The minimum atomic E-state index is -0.504. The summed E-state index contributed by atoms with van der Waals surface area (Å²) in [4.78, 5) is 13.0. The van der Waals surface area contributed by atoms with Crippen molar-refractivity contribution >= 4 is 29.3 Å². The van der Waals surface area contributed by atoms with E-state index in [0.717, 1.165) is 11.1 Å². The smallest absolute Gasteiger partial charge is 0.407 e. The highest BCUT2D eigenvalue weighted by molar-refractivity contribution is 6.31. The van der Waals surface area contributed by atoms with Crippen LogP contribution in [-0.4, -0.2) is 12.7 Å². The lowest BCUT2D eigenvalue weighted by atomic mass is 9.95. The number of ether oxygens (including phenoxy) is 2. The van der Waals surface area contributed by atoms with Gasteiger partial charge < -0.3 is 14.8 Å². The van der Waals surface area contributed by atoms with Gasteiger partial charge in [-0.2, -0.15) is 0 Å². The van der Waals surface area contributed by atoms with E-state index in [1.165, 1.54) is 22.3 Å². The number of fused-ring (bicyclic) bond motifs is 5. The maximum absolute atomic E-state index is 13.0. The highest BCUT2D eigenvalue weighted by Crippen LogP contribution is 2.46. The molecular formula is C28H19Cl2NO3. The third kappa shape index (κ3) is 3.60. The molecule has 0 atom stereocenters. The molecule has 6 rings (SSSR count). The molecule has 0 saturated heterocycles. The largest absolute Gasteiger partial charge is 0.456 e. The van der Waals surface area contributed by atoms with E-state index < -0.39 is 12.1 Å². The number of benzene rings is 4. The molecule has 0 aromatic heterocycles. The first-order chi connectivity index (χ1) is 16.6. The molecule has 2 aliphatic rings. The number of hydrogen-bond donors (Lipinski definition) is 1. The number of hydrogen-bond acceptors (Lipinski definition) is 3. The van der Waals surface area contributed by atoms with Gasteiger partial charge >= 0.3 is 6.09 Å². The summed E-state index contributed by atoms with van der Waals surface area (Å²) in [5.74, 6) is 1.14. The molecule has 0 fully saturated rings. The first kappa shape index (κ1) is 21.1. The number of amides is 1. The second-order valence-corrected chi connectivity index (χ2v) is 9.24. The van der Waals surface area contributed by atoms with E-state index in [2.05, 4.69) is 29.6 Å². The lowest BCUT2D eigenvalue weighted by Crippen LogP contribution is -2.32. The van der Waals surface area contributed by atoms with Crippen LogP contribution in [0.15, 0.2) is 84.9 Å². The summed E-state index contributed by atoms with van der Waals surface area (Å²) >= 11 is 12.4. The Labute approximate surface area is 207 Å². The van der Waals surface area contributed by atoms with E-state index in [-0.39, 0.29) is 12.5 Å². The molecule has 34 heavy (non-hydrogen) atoms. The fraction of sp³-hybridized carbons (Fsp3) is 0.107. The second-order valence-electron chi connectivity index (χ2n) is 8.37. The van der Waals surface area contributed by atoms with Crippen molar-refractivity contribution in [3.05, 3.63) is 117 Å². The molecule has 1 N–H and O–H groups in total. The maximum atomic E-state index is 13.0. The number of carbonyl (C=O) groups excluding carboxylic acids is 1. The van der Waals surface area contributed by atoms with Gasteiger partial charge in [-0.1, -0.05) is 83.9 Å². The first-order valence-corrected chi connectivity index (χ1v) is 11.7. The van der Waals surface area contributed by atoms with Crippen molar-refractivity contribution in [1.29, 1.82) is 0 Å². The normalized spacial score (nSPS) is 13.8. The molecule has 4 aromatic carbocycles. The van der Waals surface area contributed by atoms with Gasteiger partial charge in [0.05, 0.1) is 6.04 Å². The molecule has 4 aromatic rings. The minimum Gasteiger partial charge on any atom is -0.456 e. The number of halogens is 2. The Bertz CT molecular complexity index is 1340. The molecule has 0 spiro atoms. The maximum Gasteiger partial charge on any atom is 0.407 e. The molecule has 1 aliphatic heterocycles. The van der Waals surface area contributed by atoms with Gasteiger partial charge in [-0.15, -0.1) is 0 Å². The van der Waals surface area contributed by atoms with Crippen LogP contribution >= 0.6 is 23.2 Å². The number of carbonyl (C=O) groups is 1. The topological polar surface area (TPSA) is 47.6 Å². The number of nitrogens with one attached hydrogen (secondary N) is 1. The van der Waals surface area contributed by atoms with Gasteiger partial charge in [0, 0.05) is 27.1 Å². The monoisotopic (exact) mass is 487 g/mol. The van der Waals surface area contributed by atoms with E-state index in [4.69, 9.17) is 32.7 Å². The van der Waals surface area contributed by atoms with Crippen molar-refractivity contribution in [1.82, 2.24) is 5.32 Å². The summed E-state index contributed by atoms with van der Waals surface area (Å²) in [5.41, 5.74) is 6.31. The number of alkyl carbamates (subject to hydrolysis) is 1. The molecule has 6 heteroatoms. The third-order valence-corrected chi connectivity index (χ3v) is 6.87. The summed E-state index contributed by atoms with van der Waals surface area (Å²) < 4.78 is 11.8. The van der Waals surface area contributed by atoms with Gasteiger partial charge in [-0.3, -0.25) is 0 Å². The van der Waals surface area contributed by atoms with Crippen LogP contribution in [-0.2, 0) is 4.74 Å². The average Bonchev–Trinajstić information content (AvgIpc) is 3.16. The molecule has 4 nitrogen and oxygen atoms in total. The Morgan fingerprint density at radius 1 is 0.765 bits per heavy atom. The predicted molar refractivity (Wildman–Crippen MR) is 133 cm³/mol. The lowest BCUT2D eigenvalue weighted by molar-refractivity contribution is 0.140. The summed E-state index contributed by atoms with van der Waals surface area (Å²) in [7, 11) is 0. The molecule has 1 amide bonds. The van der Waals surface area contributed by atoms with Crippen molar-refractivity contribution < 1.29 is 14.3 Å². The molecule has 168 valence electrons. The standard InChI is InChI=1S/C28H19Cl2NO3/c29-16-9-11-22-25(13-16)34-26-14-17(30)10-12-23(26)27(22)31-28(32)33-15-24-20-7-3-1-5-18(20)19-6-2-4-8-21(19)24/h1-14,24,27H,15H2,(H,31,32). The summed E-state index contributed by atoms with van der Waals surface area (Å²) in [6.07, 6.45) is -0.504. The van der Waals surface area contributed by atoms with Crippen LogP contribution in [0.3, 0.4) is 0 Å². The van der Waals surface area contributed by atoms with E-state index in [1.54, 1.807) is 24.3 Å². The van der Waals surface area contributed by atoms with Gasteiger partial charge in [0.25, 0.3) is 0 Å². The van der Waals surface area contributed by atoms with E-state index in [9.17, 15) is 4.79 Å². The Balaban J connectivity index is 1.26. The highest BCUT2D eigenvalue weighted by atomic mass is 35.5. The zero-order valence-corrected chi connectivity index (χ0v) is 19.4.